The van der Waals surface area contributed by atoms with Crippen molar-refractivity contribution in [3.63, 3.8) is 0 Å². The Hall–Kier alpha value is -0.770. The highest BCUT2D eigenvalue weighted by molar-refractivity contribution is 5.74. The van der Waals surface area contributed by atoms with Gasteiger partial charge >= 0.3 is 6.03 Å². The van der Waals surface area contributed by atoms with Gasteiger partial charge < -0.3 is 15.4 Å². The third-order valence-corrected chi connectivity index (χ3v) is 2.64. The molecule has 1 aliphatic carbocycles. The molecule has 2 N–H and O–H groups in total. The summed E-state index contributed by atoms with van der Waals surface area (Å²) in [6.07, 6.45) is 4.37. The van der Waals surface area contributed by atoms with E-state index in [4.69, 9.17) is 4.74 Å². The first-order valence-electron chi connectivity index (χ1n) is 5.32. The van der Waals surface area contributed by atoms with Crippen LogP contribution in [0.15, 0.2) is 0 Å². The van der Waals surface area contributed by atoms with Crippen molar-refractivity contribution in [2.75, 3.05) is 13.7 Å². The number of carbonyl (C=O) groups excluding carboxylic acids is 1. The zero-order valence-electron chi connectivity index (χ0n) is 9.01. The molecular weight excluding hydrogens is 180 g/mol. The molecule has 1 saturated carbocycles. The molecule has 0 saturated heterocycles. The minimum Gasteiger partial charge on any atom is -0.383 e. The van der Waals surface area contributed by atoms with E-state index < -0.39 is 0 Å². The van der Waals surface area contributed by atoms with Crippen LogP contribution >= 0.6 is 0 Å². The molecule has 0 radical (unpaired) electrons. The maximum atomic E-state index is 11.4. The normalized spacial score (nSPS) is 18.4. The molecule has 0 spiro atoms. The van der Waals surface area contributed by atoms with Crippen molar-refractivity contribution >= 4 is 6.03 Å². The van der Waals surface area contributed by atoms with Gasteiger partial charge in [0.2, 0.25) is 0 Å². The molecule has 82 valence electrons. The number of amides is 2. The zero-order valence-corrected chi connectivity index (χ0v) is 9.01. The van der Waals surface area contributed by atoms with E-state index in [2.05, 4.69) is 10.6 Å². The summed E-state index contributed by atoms with van der Waals surface area (Å²) in [6.45, 7) is 2.61. The monoisotopic (exact) mass is 200 g/mol. The van der Waals surface area contributed by atoms with Crippen molar-refractivity contribution in [1.29, 1.82) is 0 Å². The van der Waals surface area contributed by atoms with Crippen LogP contribution in [-0.2, 0) is 4.74 Å². The molecule has 14 heavy (non-hydrogen) atoms. The van der Waals surface area contributed by atoms with Crippen LogP contribution in [0.1, 0.15) is 32.6 Å². The third-order valence-electron chi connectivity index (χ3n) is 2.64. The van der Waals surface area contributed by atoms with Crippen molar-refractivity contribution in [3.8, 4) is 0 Å². The van der Waals surface area contributed by atoms with E-state index >= 15 is 0 Å². The topological polar surface area (TPSA) is 50.4 Å². The number of nitrogens with one attached hydrogen (secondary N) is 2. The molecule has 2 amide bonds. The van der Waals surface area contributed by atoms with Gasteiger partial charge in [0.05, 0.1) is 12.6 Å². The standard InChI is InChI=1S/C10H20N2O2/c1-3-8(7-14-2)11-10(13)12-9-5-4-6-9/h8-9H,3-7H2,1-2H3,(H2,11,12,13). The van der Waals surface area contributed by atoms with Crippen LogP contribution < -0.4 is 10.6 Å². The molecule has 4 nitrogen and oxygen atoms in total. The second kappa shape index (κ2) is 5.86. The molecule has 0 heterocycles. The predicted molar refractivity (Wildman–Crippen MR) is 55.3 cm³/mol. The number of hydrogen-bond acceptors (Lipinski definition) is 2. The summed E-state index contributed by atoms with van der Waals surface area (Å²) < 4.78 is 5.00. The maximum absolute atomic E-state index is 11.4. The van der Waals surface area contributed by atoms with E-state index in [0.717, 1.165) is 19.3 Å². The SMILES string of the molecule is CCC(COC)NC(=O)NC1CCC1. The molecule has 1 fully saturated rings. The Morgan fingerprint density at radius 1 is 1.57 bits per heavy atom. The Bertz CT molecular complexity index is 181. The summed E-state index contributed by atoms with van der Waals surface area (Å²) in [4.78, 5) is 11.4. The van der Waals surface area contributed by atoms with Gasteiger partial charge in [0.25, 0.3) is 0 Å². The Morgan fingerprint density at radius 2 is 2.29 bits per heavy atom. The summed E-state index contributed by atoms with van der Waals surface area (Å²) in [5.74, 6) is 0. The molecule has 0 aromatic rings. The Morgan fingerprint density at radius 3 is 2.71 bits per heavy atom. The van der Waals surface area contributed by atoms with Crippen LogP contribution in [0.4, 0.5) is 4.79 Å². The highest BCUT2D eigenvalue weighted by atomic mass is 16.5. The van der Waals surface area contributed by atoms with E-state index in [1.165, 1.54) is 6.42 Å². The van der Waals surface area contributed by atoms with E-state index in [9.17, 15) is 4.79 Å². The number of urea groups is 1. The summed E-state index contributed by atoms with van der Waals surface area (Å²) in [6, 6.07) is 0.466. The van der Waals surface area contributed by atoms with Gasteiger partial charge in [0.15, 0.2) is 0 Å². The van der Waals surface area contributed by atoms with Crippen molar-refractivity contribution in [2.45, 2.75) is 44.7 Å². The molecule has 1 unspecified atom stereocenters. The van der Waals surface area contributed by atoms with Crippen LogP contribution in [0.25, 0.3) is 0 Å². The fourth-order valence-electron chi connectivity index (χ4n) is 1.43. The largest absolute Gasteiger partial charge is 0.383 e. The molecule has 1 aliphatic rings. The van der Waals surface area contributed by atoms with Crippen LogP contribution in [0.3, 0.4) is 0 Å². The zero-order chi connectivity index (χ0) is 10.4. The van der Waals surface area contributed by atoms with E-state index in [0.29, 0.717) is 12.6 Å². The quantitative estimate of drug-likeness (QED) is 0.702. The highest BCUT2D eigenvalue weighted by Gasteiger charge is 2.20. The highest BCUT2D eigenvalue weighted by Crippen LogP contribution is 2.17. The smallest absolute Gasteiger partial charge is 0.315 e. The summed E-state index contributed by atoms with van der Waals surface area (Å²) in [5.41, 5.74) is 0. The third kappa shape index (κ3) is 3.54. The van der Waals surface area contributed by atoms with E-state index in [-0.39, 0.29) is 12.1 Å². The minimum absolute atomic E-state index is 0.0569. The first-order chi connectivity index (χ1) is 6.76. The molecule has 0 bridgehead atoms. The van der Waals surface area contributed by atoms with Crippen molar-refractivity contribution in [1.82, 2.24) is 10.6 Å². The second-order valence-corrected chi connectivity index (χ2v) is 3.81. The lowest BCUT2D eigenvalue weighted by Crippen LogP contribution is -2.49. The Labute approximate surface area is 85.4 Å². The maximum Gasteiger partial charge on any atom is 0.315 e. The van der Waals surface area contributed by atoms with Gasteiger partial charge in [-0.1, -0.05) is 6.92 Å². The average Bonchev–Trinajstić information content (AvgIpc) is 2.11. The fourth-order valence-corrected chi connectivity index (χ4v) is 1.43. The van der Waals surface area contributed by atoms with Crippen LogP contribution in [0.5, 0.6) is 0 Å². The van der Waals surface area contributed by atoms with Crippen LogP contribution in [-0.4, -0.2) is 31.8 Å². The van der Waals surface area contributed by atoms with Crippen LogP contribution in [0.2, 0.25) is 0 Å². The molecule has 1 rings (SSSR count). The first kappa shape index (κ1) is 11.3. The van der Waals surface area contributed by atoms with Gasteiger partial charge in [-0.15, -0.1) is 0 Å². The van der Waals surface area contributed by atoms with Gasteiger partial charge in [0, 0.05) is 13.2 Å². The molecule has 1 atom stereocenters. The van der Waals surface area contributed by atoms with Gasteiger partial charge in [-0.2, -0.15) is 0 Å². The lowest BCUT2D eigenvalue weighted by Gasteiger charge is -2.27. The number of ether oxygens (including phenoxy) is 1. The Balaban J connectivity index is 2.15. The van der Waals surface area contributed by atoms with Gasteiger partial charge in [-0.3, -0.25) is 0 Å². The fraction of sp³-hybridized carbons (Fsp3) is 0.900. The summed E-state index contributed by atoms with van der Waals surface area (Å²) >= 11 is 0. The second-order valence-electron chi connectivity index (χ2n) is 3.81. The summed E-state index contributed by atoms with van der Waals surface area (Å²) in [7, 11) is 1.65. The predicted octanol–water partition coefficient (Wildman–Crippen LogP) is 1.26. The van der Waals surface area contributed by atoms with E-state index in [1.807, 2.05) is 6.92 Å². The van der Waals surface area contributed by atoms with Gasteiger partial charge in [0.1, 0.15) is 0 Å². The first-order valence-corrected chi connectivity index (χ1v) is 5.32. The Kier molecular flexibility index (Phi) is 4.73. The minimum atomic E-state index is -0.0569. The number of methoxy groups -OCH3 is 1. The molecule has 4 heteroatoms. The lowest BCUT2D eigenvalue weighted by atomic mass is 9.93. The van der Waals surface area contributed by atoms with E-state index in [1.54, 1.807) is 7.11 Å². The van der Waals surface area contributed by atoms with Crippen LogP contribution in [0, 0.1) is 0 Å². The summed E-state index contributed by atoms with van der Waals surface area (Å²) in [5, 5.41) is 5.83. The van der Waals surface area contributed by atoms with Gasteiger partial charge in [-0.25, -0.2) is 4.79 Å². The number of hydrogen-bond donors (Lipinski definition) is 2. The van der Waals surface area contributed by atoms with Crippen molar-refractivity contribution in [3.05, 3.63) is 0 Å². The number of rotatable bonds is 5. The molecular formula is C10H20N2O2. The van der Waals surface area contributed by atoms with Crippen molar-refractivity contribution < 1.29 is 9.53 Å². The van der Waals surface area contributed by atoms with Gasteiger partial charge in [-0.05, 0) is 25.7 Å². The molecule has 0 aromatic carbocycles. The molecule has 0 aromatic heterocycles. The lowest BCUT2D eigenvalue weighted by molar-refractivity contribution is 0.162. The average molecular weight is 200 g/mol. The van der Waals surface area contributed by atoms with Crippen molar-refractivity contribution in [2.24, 2.45) is 0 Å². The molecule has 0 aliphatic heterocycles. The number of carbonyl (C=O) groups is 1.